The zero-order chi connectivity index (χ0) is 19.6. The zero-order valence-corrected chi connectivity index (χ0v) is 14.7. The minimum Gasteiger partial charge on any atom is -0.497 e. The first-order chi connectivity index (χ1) is 12.8. The van der Waals surface area contributed by atoms with E-state index < -0.39 is 30.1 Å². The second-order valence-corrected chi connectivity index (χ2v) is 6.50. The second-order valence-electron chi connectivity index (χ2n) is 6.50. The van der Waals surface area contributed by atoms with Crippen LogP contribution in [0.1, 0.15) is 24.5 Å². The van der Waals surface area contributed by atoms with Crippen LogP contribution in [0.15, 0.2) is 54.6 Å². The van der Waals surface area contributed by atoms with Crippen molar-refractivity contribution in [2.75, 3.05) is 12.0 Å². The van der Waals surface area contributed by atoms with Crippen molar-refractivity contribution in [3.63, 3.8) is 0 Å². The molecule has 27 heavy (non-hydrogen) atoms. The fourth-order valence-electron chi connectivity index (χ4n) is 3.41. The molecule has 4 nitrogen and oxygen atoms in total. The number of methoxy groups -OCH3 is 1. The first kappa shape index (κ1) is 19.2. The number of hydrogen-bond acceptors (Lipinski definition) is 3. The maximum atomic E-state index is 13.6. The van der Waals surface area contributed by atoms with Crippen molar-refractivity contribution in [2.24, 2.45) is 5.92 Å². The molecule has 3 rings (SSSR count). The number of amides is 1. The number of nitrogens with zero attached hydrogens (tertiary/aromatic N) is 1. The van der Waals surface area contributed by atoms with Crippen LogP contribution in [0.4, 0.5) is 18.9 Å². The average molecular weight is 379 g/mol. The van der Waals surface area contributed by atoms with Crippen molar-refractivity contribution in [3.05, 3.63) is 60.2 Å². The number of carbonyl (C=O) groups excluding carboxylic acids is 1. The van der Waals surface area contributed by atoms with Crippen LogP contribution in [-0.2, 0) is 4.79 Å². The van der Waals surface area contributed by atoms with E-state index in [1.807, 2.05) is 0 Å². The molecule has 1 saturated heterocycles. The number of alkyl halides is 3. The van der Waals surface area contributed by atoms with E-state index in [2.05, 4.69) is 0 Å². The van der Waals surface area contributed by atoms with Crippen molar-refractivity contribution in [2.45, 2.75) is 31.2 Å². The molecule has 0 unspecified atom stereocenters. The summed E-state index contributed by atoms with van der Waals surface area (Å²) in [7, 11) is 1.45. The predicted molar refractivity (Wildman–Crippen MR) is 94.4 cm³/mol. The number of ether oxygens (including phenoxy) is 1. The summed E-state index contributed by atoms with van der Waals surface area (Å²) in [4.78, 5) is 13.2. The van der Waals surface area contributed by atoms with Crippen molar-refractivity contribution >= 4 is 11.6 Å². The van der Waals surface area contributed by atoms with Crippen LogP contribution in [0.25, 0.3) is 0 Å². The van der Waals surface area contributed by atoms with Crippen molar-refractivity contribution in [3.8, 4) is 5.75 Å². The standard InChI is InChI=1S/C20H20F3NO3/c1-27-15-9-7-14(8-10-15)24-18(20(21,22)23)16(19(24)26)11-12-17(25)13-5-3-2-4-6-13/h2-10,16-18,25H,11-12H2,1H3/t16-,17+,18+/m1/s1. The van der Waals surface area contributed by atoms with E-state index >= 15 is 0 Å². The molecular weight excluding hydrogens is 359 g/mol. The molecule has 3 atom stereocenters. The van der Waals surface area contributed by atoms with Crippen LogP contribution < -0.4 is 9.64 Å². The summed E-state index contributed by atoms with van der Waals surface area (Å²) in [5.74, 6) is -1.27. The quantitative estimate of drug-likeness (QED) is 0.769. The van der Waals surface area contributed by atoms with Crippen LogP contribution in [-0.4, -0.2) is 30.3 Å². The van der Waals surface area contributed by atoms with E-state index in [1.54, 1.807) is 30.3 Å². The molecule has 1 heterocycles. The fourth-order valence-corrected chi connectivity index (χ4v) is 3.41. The monoisotopic (exact) mass is 379 g/mol. The molecule has 0 spiro atoms. The number of halogens is 3. The van der Waals surface area contributed by atoms with Crippen molar-refractivity contribution in [1.29, 1.82) is 0 Å². The highest BCUT2D eigenvalue weighted by atomic mass is 19.4. The number of carbonyl (C=O) groups is 1. The summed E-state index contributed by atoms with van der Waals surface area (Å²) >= 11 is 0. The molecular formula is C20H20F3NO3. The summed E-state index contributed by atoms with van der Waals surface area (Å²) in [5.41, 5.74) is 0.808. The van der Waals surface area contributed by atoms with E-state index in [0.717, 1.165) is 4.90 Å². The molecule has 1 N–H and O–H groups in total. The molecule has 1 fully saturated rings. The normalized spacial score (nSPS) is 20.9. The molecule has 1 aliphatic rings. The van der Waals surface area contributed by atoms with E-state index in [9.17, 15) is 23.1 Å². The summed E-state index contributed by atoms with van der Waals surface area (Å²) in [5, 5.41) is 10.2. The Morgan fingerprint density at radius 1 is 1.11 bits per heavy atom. The predicted octanol–water partition coefficient (Wildman–Crippen LogP) is 4.10. The van der Waals surface area contributed by atoms with Crippen LogP contribution in [0.2, 0.25) is 0 Å². The van der Waals surface area contributed by atoms with Gasteiger partial charge in [0.1, 0.15) is 11.8 Å². The molecule has 2 aromatic rings. The molecule has 0 bridgehead atoms. The van der Waals surface area contributed by atoms with Gasteiger partial charge >= 0.3 is 6.18 Å². The van der Waals surface area contributed by atoms with Crippen LogP contribution in [0.5, 0.6) is 5.75 Å². The van der Waals surface area contributed by atoms with E-state index in [0.29, 0.717) is 11.3 Å². The molecule has 144 valence electrons. The number of hydrogen-bond donors (Lipinski definition) is 1. The molecule has 0 radical (unpaired) electrons. The highest BCUT2D eigenvalue weighted by Gasteiger charge is 2.60. The first-order valence-corrected chi connectivity index (χ1v) is 8.59. The van der Waals surface area contributed by atoms with Gasteiger partial charge in [0.25, 0.3) is 0 Å². The third-order valence-corrected chi connectivity index (χ3v) is 4.84. The van der Waals surface area contributed by atoms with Gasteiger partial charge in [-0.15, -0.1) is 0 Å². The third kappa shape index (κ3) is 3.93. The number of anilines is 1. The van der Waals surface area contributed by atoms with Crippen LogP contribution in [0, 0.1) is 5.92 Å². The summed E-state index contributed by atoms with van der Waals surface area (Å²) < 4.78 is 45.7. The van der Waals surface area contributed by atoms with Gasteiger partial charge in [-0.25, -0.2) is 0 Å². The Balaban J connectivity index is 1.73. The SMILES string of the molecule is COc1ccc(N2C(=O)[C@H](CC[C@H](O)c3ccccc3)[C@H]2C(F)(F)F)cc1. The Labute approximate surface area is 155 Å². The van der Waals surface area contributed by atoms with Gasteiger partial charge in [-0.1, -0.05) is 30.3 Å². The maximum Gasteiger partial charge on any atom is 0.410 e. The number of benzene rings is 2. The highest BCUT2D eigenvalue weighted by Crippen LogP contribution is 2.44. The Hall–Kier alpha value is -2.54. The first-order valence-electron chi connectivity index (χ1n) is 8.59. The third-order valence-electron chi connectivity index (χ3n) is 4.84. The molecule has 0 aliphatic carbocycles. The van der Waals surface area contributed by atoms with Crippen molar-refractivity contribution < 1.29 is 27.8 Å². The minimum absolute atomic E-state index is 0.0360. The Kier molecular flexibility index (Phi) is 5.41. The minimum atomic E-state index is -4.55. The van der Waals surface area contributed by atoms with Gasteiger partial charge in [-0.2, -0.15) is 13.2 Å². The van der Waals surface area contributed by atoms with E-state index in [-0.39, 0.29) is 18.5 Å². The lowest BCUT2D eigenvalue weighted by Crippen LogP contribution is -2.67. The second kappa shape index (κ2) is 7.60. The molecule has 2 aromatic carbocycles. The number of β-lactam (4-membered cyclic amide) rings is 1. The largest absolute Gasteiger partial charge is 0.497 e. The topological polar surface area (TPSA) is 49.8 Å². The molecule has 0 saturated carbocycles. The number of aliphatic hydroxyl groups excluding tert-OH is 1. The highest BCUT2D eigenvalue weighted by molar-refractivity contribution is 6.03. The summed E-state index contributed by atoms with van der Waals surface area (Å²) in [6.07, 6.45) is -5.39. The van der Waals surface area contributed by atoms with Gasteiger partial charge in [0.05, 0.1) is 19.1 Å². The van der Waals surface area contributed by atoms with Gasteiger partial charge < -0.3 is 9.84 Å². The lowest BCUT2D eigenvalue weighted by molar-refractivity contribution is -0.184. The van der Waals surface area contributed by atoms with Gasteiger partial charge in [-0.05, 0) is 42.7 Å². The number of rotatable bonds is 6. The average Bonchev–Trinajstić information content (AvgIpc) is 2.66. The maximum absolute atomic E-state index is 13.6. The van der Waals surface area contributed by atoms with Gasteiger partial charge in [-0.3, -0.25) is 9.69 Å². The van der Waals surface area contributed by atoms with Crippen LogP contribution in [0.3, 0.4) is 0 Å². The lowest BCUT2D eigenvalue weighted by atomic mass is 9.81. The lowest BCUT2D eigenvalue weighted by Gasteiger charge is -2.48. The number of aliphatic hydroxyl groups is 1. The van der Waals surface area contributed by atoms with Gasteiger partial charge in [0.15, 0.2) is 0 Å². The van der Waals surface area contributed by atoms with Gasteiger partial charge in [0.2, 0.25) is 5.91 Å². The Bertz CT molecular complexity index is 777. The van der Waals surface area contributed by atoms with Crippen molar-refractivity contribution in [1.82, 2.24) is 0 Å². The Morgan fingerprint density at radius 3 is 2.30 bits per heavy atom. The smallest absolute Gasteiger partial charge is 0.410 e. The summed E-state index contributed by atoms with van der Waals surface area (Å²) in [6.45, 7) is 0. The fraction of sp³-hybridized carbons (Fsp3) is 0.350. The van der Waals surface area contributed by atoms with Gasteiger partial charge in [0, 0.05) is 5.69 Å². The van der Waals surface area contributed by atoms with E-state index in [4.69, 9.17) is 4.74 Å². The summed E-state index contributed by atoms with van der Waals surface area (Å²) in [6, 6.07) is 12.7. The molecule has 0 aromatic heterocycles. The molecule has 1 amide bonds. The van der Waals surface area contributed by atoms with E-state index in [1.165, 1.54) is 31.4 Å². The molecule has 7 heteroatoms. The Morgan fingerprint density at radius 2 is 1.74 bits per heavy atom. The molecule has 1 aliphatic heterocycles. The van der Waals surface area contributed by atoms with Crippen LogP contribution >= 0.6 is 0 Å². The zero-order valence-electron chi connectivity index (χ0n) is 14.7.